The van der Waals surface area contributed by atoms with Gasteiger partial charge in [0.1, 0.15) is 11.6 Å². The summed E-state index contributed by atoms with van der Waals surface area (Å²) >= 11 is 0. The van der Waals surface area contributed by atoms with E-state index in [0.29, 0.717) is 25.2 Å². The molecule has 2 aliphatic heterocycles. The number of fused-ring (bicyclic) bond motifs is 1. The molecule has 1 fully saturated rings. The Morgan fingerprint density at radius 3 is 2.48 bits per heavy atom. The molecule has 0 aromatic heterocycles. The molecule has 0 aliphatic carbocycles. The molecule has 6 heteroatoms. The first-order chi connectivity index (χ1) is 13.0. The molecule has 4 nitrogen and oxygen atoms in total. The SMILES string of the molecule is CN1CCN(c2ccc(F)cc2F)c2ccc(N3CCCCC3=O)cc2C1. The van der Waals surface area contributed by atoms with Crippen LogP contribution in [-0.4, -0.2) is 37.5 Å². The Bertz CT molecular complexity index is 871. The zero-order chi connectivity index (χ0) is 19.0. The number of halogens is 2. The summed E-state index contributed by atoms with van der Waals surface area (Å²) in [4.78, 5) is 18.2. The second kappa shape index (κ2) is 7.27. The van der Waals surface area contributed by atoms with E-state index in [2.05, 4.69) is 4.90 Å². The first-order valence-electron chi connectivity index (χ1n) is 9.37. The third-order valence-corrected chi connectivity index (χ3v) is 5.34. The highest BCUT2D eigenvalue weighted by Gasteiger charge is 2.25. The Hall–Kier alpha value is -2.47. The quantitative estimate of drug-likeness (QED) is 0.796. The van der Waals surface area contributed by atoms with Gasteiger partial charge in [0.05, 0.1) is 5.69 Å². The molecule has 0 radical (unpaired) electrons. The maximum atomic E-state index is 14.4. The van der Waals surface area contributed by atoms with Crippen LogP contribution in [0, 0.1) is 11.6 Å². The standard InChI is InChI=1S/C21H23F2N3O/c1-24-10-11-26(20-7-5-16(22)13-18(20)23)19-8-6-17(12-15(19)14-24)25-9-3-2-4-21(25)27/h5-8,12-13H,2-4,9-11,14H2,1H3. The van der Waals surface area contributed by atoms with Crippen LogP contribution >= 0.6 is 0 Å². The summed E-state index contributed by atoms with van der Waals surface area (Å²) in [6.45, 7) is 2.81. The number of likely N-dealkylation sites (N-methyl/N-ethyl adjacent to an activating group) is 1. The van der Waals surface area contributed by atoms with Crippen LogP contribution in [0.15, 0.2) is 36.4 Å². The molecule has 2 aliphatic rings. The molecule has 0 saturated carbocycles. The third kappa shape index (κ3) is 3.54. The molecule has 4 rings (SSSR count). The Balaban J connectivity index is 1.75. The summed E-state index contributed by atoms with van der Waals surface area (Å²) in [6.07, 6.45) is 2.54. The molecule has 2 aromatic carbocycles. The Morgan fingerprint density at radius 2 is 1.70 bits per heavy atom. The van der Waals surface area contributed by atoms with Crippen molar-refractivity contribution in [1.82, 2.24) is 4.90 Å². The molecule has 2 aromatic rings. The first kappa shape index (κ1) is 17.9. The number of nitrogens with zero attached hydrogens (tertiary/aromatic N) is 3. The number of carbonyl (C=O) groups is 1. The molecule has 0 N–H and O–H groups in total. The van der Waals surface area contributed by atoms with Crippen LogP contribution < -0.4 is 9.80 Å². The van der Waals surface area contributed by atoms with Gasteiger partial charge in [-0.1, -0.05) is 0 Å². The van der Waals surface area contributed by atoms with Crippen LogP contribution in [0.4, 0.5) is 25.8 Å². The molecule has 0 unspecified atom stereocenters. The van der Waals surface area contributed by atoms with E-state index in [1.807, 2.05) is 35.0 Å². The van der Waals surface area contributed by atoms with Crippen molar-refractivity contribution in [3.8, 4) is 0 Å². The second-order valence-corrected chi connectivity index (χ2v) is 7.30. The summed E-state index contributed by atoms with van der Waals surface area (Å²) in [5, 5.41) is 0. The van der Waals surface area contributed by atoms with Crippen molar-refractivity contribution in [1.29, 1.82) is 0 Å². The van der Waals surface area contributed by atoms with Crippen molar-refractivity contribution in [3.05, 3.63) is 53.6 Å². The predicted molar refractivity (Wildman–Crippen MR) is 102 cm³/mol. The summed E-state index contributed by atoms with van der Waals surface area (Å²) in [6, 6.07) is 9.62. The van der Waals surface area contributed by atoms with Gasteiger partial charge in [0.25, 0.3) is 0 Å². The lowest BCUT2D eigenvalue weighted by Gasteiger charge is -2.29. The number of benzene rings is 2. The van der Waals surface area contributed by atoms with E-state index in [0.717, 1.165) is 48.9 Å². The van der Waals surface area contributed by atoms with Crippen molar-refractivity contribution < 1.29 is 13.6 Å². The minimum Gasteiger partial charge on any atom is -0.338 e. The van der Waals surface area contributed by atoms with Crippen LogP contribution in [0.3, 0.4) is 0 Å². The predicted octanol–water partition coefficient (Wildman–Crippen LogP) is 4.07. The number of hydrogen-bond acceptors (Lipinski definition) is 3. The van der Waals surface area contributed by atoms with Crippen molar-refractivity contribution in [2.45, 2.75) is 25.8 Å². The molecule has 0 atom stereocenters. The molecule has 2 heterocycles. The Labute approximate surface area is 158 Å². The van der Waals surface area contributed by atoms with Gasteiger partial charge in [0.15, 0.2) is 0 Å². The molecular formula is C21H23F2N3O. The van der Waals surface area contributed by atoms with E-state index < -0.39 is 11.6 Å². The lowest BCUT2D eigenvalue weighted by molar-refractivity contribution is -0.119. The van der Waals surface area contributed by atoms with Gasteiger partial charge in [0.2, 0.25) is 5.91 Å². The molecule has 27 heavy (non-hydrogen) atoms. The van der Waals surface area contributed by atoms with Gasteiger partial charge in [-0.25, -0.2) is 8.78 Å². The van der Waals surface area contributed by atoms with E-state index in [1.165, 1.54) is 12.1 Å². The first-order valence-corrected chi connectivity index (χ1v) is 9.37. The van der Waals surface area contributed by atoms with Crippen LogP contribution in [0.5, 0.6) is 0 Å². The van der Waals surface area contributed by atoms with Gasteiger partial charge >= 0.3 is 0 Å². The monoisotopic (exact) mass is 371 g/mol. The highest BCUT2D eigenvalue weighted by atomic mass is 19.1. The number of amides is 1. The van der Waals surface area contributed by atoms with Gasteiger partial charge in [-0.2, -0.15) is 0 Å². The summed E-state index contributed by atoms with van der Waals surface area (Å²) in [5.74, 6) is -0.993. The minimum absolute atomic E-state index is 0.157. The van der Waals surface area contributed by atoms with Crippen LogP contribution in [0.1, 0.15) is 24.8 Å². The zero-order valence-corrected chi connectivity index (χ0v) is 15.4. The average molecular weight is 371 g/mol. The molecule has 0 bridgehead atoms. The normalized spacial score (nSPS) is 18.4. The lowest BCUT2D eigenvalue weighted by atomic mass is 10.1. The van der Waals surface area contributed by atoms with Crippen molar-refractivity contribution in [2.24, 2.45) is 0 Å². The zero-order valence-electron chi connectivity index (χ0n) is 15.4. The summed E-state index contributed by atoms with van der Waals surface area (Å²) in [5.41, 5.74) is 3.20. The van der Waals surface area contributed by atoms with Crippen LogP contribution in [0.2, 0.25) is 0 Å². The number of carbonyl (C=O) groups excluding carboxylic acids is 1. The second-order valence-electron chi connectivity index (χ2n) is 7.30. The van der Waals surface area contributed by atoms with E-state index in [9.17, 15) is 13.6 Å². The number of piperidine rings is 1. The highest BCUT2D eigenvalue weighted by Crippen LogP contribution is 2.36. The van der Waals surface area contributed by atoms with Crippen molar-refractivity contribution in [2.75, 3.05) is 36.5 Å². The van der Waals surface area contributed by atoms with E-state index in [4.69, 9.17) is 0 Å². The summed E-state index contributed by atoms with van der Waals surface area (Å²) in [7, 11) is 2.02. The van der Waals surface area contributed by atoms with Gasteiger partial charge in [-0.3, -0.25) is 4.79 Å². The number of hydrogen-bond donors (Lipinski definition) is 0. The molecule has 1 amide bonds. The minimum atomic E-state index is -0.581. The third-order valence-electron chi connectivity index (χ3n) is 5.34. The summed E-state index contributed by atoms with van der Waals surface area (Å²) < 4.78 is 27.8. The van der Waals surface area contributed by atoms with Crippen molar-refractivity contribution >= 4 is 23.0 Å². The Morgan fingerprint density at radius 1 is 0.889 bits per heavy atom. The van der Waals surface area contributed by atoms with Crippen LogP contribution in [-0.2, 0) is 11.3 Å². The smallest absolute Gasteiger partial charge is 0.226 e. The lowest BCUT2D eigenvalue weighted by Crippen LogP contribution is -2.35. The largest absolute Gasteiger partial charge is 0.338 e. The van der Waals surface area contributed by atoms with Gasteiger partial charge < -0.3 is 14.7 Å². The van der Waals surface area contributed by atoms with E-state index in [-0.39, 0.29) is 5.91 Å². The fourth-order valence-corrected chi connectivity index (χ4v) is 3.92. The number of anilines is 3. The van der Waals surface area contributed by atoms with Crippen LogP contribution in [0.25, 0.3) is 0 Å². The maximum absolute atomic E-state index is 14.4. The highest BCUT2D eigenvalue weighted by molar-refractivity contribution is 5.94. The van der Waals surface area contributed by atoms with Crippen molar-refractivity contribution in [3.63, 3.8) is 0 Å². The maximum Gasteiger partial charge on any atom is 0.226 e. The number of rotatable bonds is 2. The Kier molecular flexibility index (Phi) is 4.83. The molecular weight excluding hydrogens is 348 g/mol. The fourth-order valence-electron chi connectivity index (χ4n) is 3.92. The molecule has 142 valence electrons. The topological polar surface area (TPSA) is 26.8 Å². The molecule has 1 saturated heterocycles. The van der Waals surface area contributed by atoms with E-state index in [1.54, 1.807) is 0 Å². The van der Waals surface area contributed by atoms with Gasteiger partial charge in [0, 0.05) is 50.0 Å². The molecule has 0 spiro atoms. The van der Waals surface area contributed by atoms with Gasteiger partial charge in [-0.05, 0) is 55.8 Å². The average Bonchev–Trinajstić information content (AvgIpc) is 2.80. The van der Waals surface area contributed by atoms with Gasteiger partial charge in [-0.15, -0.1) is 0 Å². The van der Waals surface area contributed by atoms with E-state index >= 15 is 0 Å². The fraction of sp³-hybridized carbons (Fsp3) is 0.381.